The monoisotopic (exact) mass is 256 g/mol. The van der Waals surface area contributed by atoms with Gasteiger partial charge in [0, 0.05) is 12.1 Å². The van der Waals surface area contributed by atoms with E-state index in [0.717, 1.165) is 12.8 Å². The van der Waals surface area contributed by atoms with Crippen LogP contribution < -0.4 is 5.32 Å². The van der Waals surface area contributed by atoms with Gasteiger partial charge in [-0.3, -0.25) is 0 Å². The number of piperidine rings is 1. The SMILES string of the molecule is CCC(C)(C)NC(=O)N1CCC(C)CC1C(=O)O. The van der Waals surface area contributed by atoms with Gasteiger partial charge in [0.05, 0.1) is 0 Å². The summed E-state index contributed by atoms with van der Waals surface area (Å²) >= 11 is 0. The summed E-state index contributed by atoms with van der Waals surface area (Å²) in [6.45, 7) is 8.42. The molecule has 0 aliphatic carbocycles. The fourth-order valence-electron chi connectivity index (χ4n) is 2.07. The van der Waals surface area contributed by atoms with Crippen molar-refractivity contribution in [1.82, 2.24) is 10.2 Å². The zero-order valence-corrected chi connectivity index (χ0v) is 11.7. The summed E-state index contributed by atoms with van der Waals surface area (Å²) in [7, 11) is 0. The molecule has 1 rings (SSSR count). The molecule has 1 fully saturated rings. The lowest BCUT2D eigenvalue weighted by Gasteiger charge is -2.38. The smallest absolute Gasteiger partial charge is 0.326 e. The van der Waals surface area contributed by atoms with Crippen molar-refractivity contribution in [2.45, 2.75) is 58.5 Å². The molecule has 2 amide bonds. The van der Waals surface area contributed by atoms with E-state index in [-0.39, 0.29) is 11.6 Å². The molecular formula is C13H24N2O3. The van der Waals surface area contributed by atoms with Gasteiger partial charge in [-0.1, -0.05) is 13.8 Å². The predicted molar refractivity (Wildman–Crippen MR) is 69.4 cm³/mol. The van der Waals surface area contributed by atoms with Crippen molar-refractivity contribution in [3.63, 3.8) is 0 Å². The van der Waals surface area contributed by atoms with Gasteiger partial charge >= 0.3 is 12.0 Å². The van der Waals surface area contributed by atoms with E-state index in [1.54, 1.807) is 0 Å². The van der Waals surface area contributed by atoms with Crippen molar-refractivity contribution in [3.8, 4) is 0 Å². The Morgan fingerprint density at radius 1 is 1.44 bits per heavy atom. The van der Waals surface area contributed by atoms with Gasteiger partial charge in [-0.2, -0.15) is 0 Å². The third-order valence-electron chi connectivity index (χ3n) is 3.74. The highest BCUT2D eigenvalue weighted by molar-refractivity contribution is 5.83. The van der Waals surface area contributed by atoms with E-state index in [0.29, 0.717) is 18.9 Å². The molecular weight excluding hydrogens is 232 g/mol. The number of aliphatic carboxylic acids is 1. The lowest BCUT2D eigenvalue weighted by atomic mass is 9.92. The van der Waals surface area contributed by atoms with Crippen LogP contribution in [0.3, 0.4) is 0 Å². The van der Waals surface area contributed by atoms with Crippen LogP contribution in [0, 0.1) is 5.92 Å². The van der Waals surface area contributed by atoms with Crippen molar-refractivity contribution in [3.05, 3.63) is 0 Å². The van der Waals surface area contributed by atoms with Crippen LogP contribution in [0.5, 0.6) is 0 Å². The Morgan fingerprint density at radius 2 is 2.06 bits per heavy atom. The fourth-order valence-corrected chi connectivity index (χ4v) is 2.07. The number of urea groups is 1. The van der Waals surface area contributed by atoms with E-state index in [2.05, 4.69) is 5.32 Å². The molecule has 0 aromatic rings. The van der Waals surface area contributed by atoms with E-state index in [1.165, 1.54) is 4.90 Å². The first-order valence-electron chi connectivity index (χ1n) is 6.58. The van der Waals surface area contributed by atoms with E-state index in [9.17, 15) is 14.7 Å². The number of likely N-dealkylation sites (tertiary alicyclic amines) is 1. The molecule has 0 spiro atoms. The van der Waals surface area contributed by atoms with Crippen LogP contribution in [-0.4, -0.2) is 40.1 Å². The van der Waals surface area contributed by atoms with Gasteiger partial charge in [0.1, 0.15) is 6.04 Å². The molecule has 0 aromatic heterocycles. The predicted octanol–water partition coefficient (Wildman–Crippen LogP) is 2.07. The van der Waals surface area contributed by atoms with Crippen molar-refractivity contribution in [2.75, 3.05) is 6.54 Å². The zero-order chi connectivity index (χ0) is 13.9. The Kier molecular flexibility index (Phi) is 4.59. The quantitative estimate of drug-likeness (QED) is 0.812. The summed E-state index contributed by atoms with van der Waals surface area (Å²) in [6.07, 6.45) is 2.21. The number of carboxylic acid groups (broad SMARTS) is 1. The number of nitrogens with zero attached hydrogens (tertiary/aromatic N) is 1. The Bertz CT molecular complexity index is 328. The molecule has 0 aromatic carbocycles. The topological polar surface area (TPSA) is 69.6 Å². The third-order valence-corrected chi connectivity index (χ3v) is 3.74. The summed E-state index contributed by atoms with van der Waals surface area (Å²) in [5.74, 6) is -0.555. The molecule has 0 radical (unpaired) electrons. The molecule has 1 aliphatic heterocycles. The van der Waals surface area contributed by atoms with Crippen LogP contribution in [0.25, 0.3) is 0 Å². The number of nitrogens with one attached hydrogen (secondary N) is 1. The number of rotatable bonds is 3. The van der Waals surface area contributed by atoms with Crippen LogP contribution in [0.4, 0.5) is 4.79 Å². The first-order valence-corrected chi connectivity index (χ1v) is 6.58. The maximum absolute atomic E-state index is 12.1. The lowest BCUT2D eigenvalue weighted by molar-refractivity contribution is -0.143. The summed E-state index contributed by atoms with van der Waals surface area (Å²) in [5, 5.41) is 12.1. The van der Waals surface area contributed by atoms with E-state index < -0.39 is 12.0 Å². The zero-order valence-electron chi connectivity index (χ0n) is 11.7. The number of carbonyl (C=O) groups excluding carboxylic acids is 1. The molecule has 1 aliphatic rings. The molecule has 0 bridgehead atoms. The number of hydrogen-bond donors (Lipinski definition) is 2. The molecule has 18 heavy (non-hydrogen) atoms. The highest BCUT2D eigenvalue weighted by Crippen LogP contribution is 2.23. The summed E-state index contributed by atoms with van der Waals surface area (Å²) in [4.78, 5) is 24.8. The average molecular weight is 256 g/mol. The minimum atomic E-state index is -0.911. The van der Waals surface area contributed by atoms with Gasteiger partial charge in [0.2, 0.25) is 0 Å². The second kappa shape index (κ2) is 5.59. The Morgan fingerprint density at radius 3 is 2.56 bits per heavy atom. The van der Waals surface area contributed by atoms with E-state index in [1.807, 2.05) is 27.7 Å². The summed E-state index contributed by atoms with van der Waals surface area (Å²) < 4.78 is 0. The van der Waals surface area contributed by atoms with Crippen LogP contribution in [0.15, 0.2) is 0 Å². The number of hydrogen-bond acceptors (Lipinski definition) is 2. The third kappa shape index (κ3) is 3.62. The van der Waals surface area contributed by atoms with Gasteiger partial charge in [0.15, 0.2) is 0 Å². The molecule has 2 N–H and O–H groups in total. The van der Waals surface area contributed by atoms with Crippen LogP contribution in [0.2, 0.25) is 0 Å². The molecule has 1 saturated heterocycles. The molecule has 1 heterocycles. The van der Waals surface area contributed by atoms with Crippen molar-refractivity contribution >= 4 is 12.0 Å². The van der Waals surface area contributed by atoms with E-state index in [4.69, 9.17) is 0 Å². The van der Waals surface area contributed by atoms with Gasteiger partial charge in [-0.25, -0.2) is 9.59 Å². The Balaban J connectivity index is 2.73. The standard InChI is InChI=1S/C13H24N2O3/c1-5-13(3,4)14-12(18)15-7-6-9(2)8-10(15)11(16)17/h9-10H,5-8H2,1-4H3,(H,14,18)(H,16,17). The maximum Gasteiger partial charge on any atom is 0.326 e. The molecule has 104 valence electrons. The maximum atomic E-state index is 12.1. The van der Waals surface area contributed by atoms with E-state index >= 15 is 0 Å². The first-order chi connectivity index (χ1) is 8.26. The Hall–Kier alpha value is -1.26. The number of carbonyl (C=O) groups is 2. The molecule has 5 nitrogen and oxygen atoms in total. The second-order valence-corrected chi connectivity index (χ2v) is 5.84. The van der Waals surface area contributed by atoms with Gasteiger partial charge in [-0.05, 0) is 39.0 Å². The average Bonchev–Trinajstić information content (AvgIpc) is 2.28. The molecule has 2 unspecified atom stereocenters. The highest BCUT2D eigenvalue weighted by atomic mass is 16.4. The molecule has 5 heteroatoms. The van der Waals surface area contributed by atoms with Crippen LogP contribution in [0.1, 0.15) is 47.0 Å². The Labute approximate surface area is 109 Å². The van der Waals surface area contributed by atoms with Crippen molar-refractivity contribution in [1.29, 1.82) is 0 Å². The van der Waals surface area contributed by atoms with Gasteiger partial charge in [0.25, 0.3) is 0 Å². The van der Waals surface area contributed by atoms with Gasteiger partial charge in [-0.15, -0.1) is 0 Å². The molecule has 2 atom stereocenters. The number of amides is 2. The van der Waals surface area contributed by atoms with Crippen LogP contribution in [-0.2, 0) is 4.79 Å². The minimum absolute atomic E-state index is 0.263. The molecule has 0 saturated carbocycles. The second-order valence-electron chi connectivity index (χ2n) is 5.84. The number of carboxylic acids is 1. The van der Waals surface area contributed by atoms with Crippen molar-refractivity contribution in [2.24, 2.45) is 5.92 Å². The minimum Gasteiger partial charge on any atom is -0.480 e. The lowest BCUT2D eigenvalue weighted by Crippen LogP contribution is -2.57. The van der Waals surface area contributed by atoms with Crippen molar-refractivity contribution < 1.29 is 14.7 Å². The fraction of sp³-hybridized carbons (Fsp3) is 0.846. The highest BCUT2D eigenvalue weighted by Gasteiger charge is 2.36. The van der Waals surface area contributed by atoms with Gasteiger partial charge < -0.3 is 15.3 Å². The first kappa shape index (κ1) is 14.8. The van der Waals surface area contributed by atoms with Crippen LogP contribution >= 0.6 is 0 Å². The largest absolute Gasteiger partial charge is 0.480 e. The summed E-state index contributed by atoms with van der Waals surface area (Å²) in [6, 6.07) is -0.956. The summed E-state index contributed by atoms with van der Waals surface area (Å²) in [5.41, 5.74) is -0.302. The normalized spacial score (nSPS) is 24.8.